The summed E-state index contributed by atoms with van der Waals surface area (Å²) in [5.74, 6) is 0. The topological polar surface area (TPSA) is 35.2 Å². The van der Waals surface area contributed by atoms with Crippen LogP contribution in [-0.2, 0) is 11.2 Å². The molecule has 1 saturated carbocycles. The molecular weight excluding hydrogens is 246 g/mol. The van der Waals surface area contributed by atoms with Crippen LogP contribution in [0.2, 0.25) is 0 Å². The number of nitrogens with two attached hydrogens (primary N) is 1. The molecule has 0 bridgehead atoms. The summed E-state index contributed by atoms with van der Waals surface area (Å²) in [6, 6.07) is 10.7. The van der Waals surface area contributed by atoms with Crippen molar-refractivity contribution in [2.75, 3.05) is 13.2 Å². The molecule has 2 N–H and O–H groups in total. The number of rotatable bonds is 7. The lowest BCUT2D eigenvalue weighted by Crippen LogP contribution is -2.44. The molecule has 1 aromatic rings. The maximum absolute atomic E-state index is 6.44. The van der Waals surface area contributed by atoms with Crippen LogP contribution in [0.4, 0.5) is 0 Å². The summed E-state index contributed by atoms with van der Waals surface area (Å²) in [6.07, 6.45) is 11.0. The Bertz CT molecular complexity index is 355. The van der Waals surface area contributed by atoms with Gasteiger partial charge in [0.15, 0.2) is 0 Å². The van der Waals surface area contributed by atoms with Crippen molar-refractivity contribution in [2.24, 2.45) is 5.73 Å². The molecule has 1 aromatic carbocycles. The molecule has 0 heterocycles. The van der Waals surface area contributed by atoms with Gasteiger partial charge >= 0.3 is 0 Å². The number of aryl methyl sites for hydroxylation is 1. The molecule has 0 unspecified atom stereocenters. The lowest BCUT2D eigenvalue weighted by Gasteiger charge is -2.27. The van der Waals surface area contributed by atoms with Crippen LogP contribution in [0.5, 0.6) is 0 Å². The van der Waals surface area contributed by atoms with Crippen molar-refractivity contribution in [3.05, 3.63) is 35.9 Å². The molecule has 2 nitrogen and oxygen atoms in total. The van der Waals surface area contributed by atoms with Crippen molar-refractivity contribution >= 4 is 0 Å². The third-order valence-electron chi connectivity index (χ3n) is 4.34. The molecule has 0 radical (unpaired) electrons. The summed E-state index contributed by atoms with van der Waals surface area (Å²) in [6.45, 7) is 1.60. The molecule has 1 fully saturated rings. The molecule has 0 saturated heterocycles. The van der Waals surface area contributed by atoms with E-state index in [9.17, 15) is 0 Å². The Morgan fingerprint density at radius 2 is 1.65 bits per heavy atom. The van der Waals surface area contributed by atoms with E-state index in [-0.39, 0.29) is 5.54 Å². The Morgan fingerprint density at radius 1 is 0.950 bits per heavy atom. The monoisotopic (exact) mass is 275 g/mol. The largest absolute Gasteiger partial charge is 0.380 e. The molecule has 2 heteroatoms. The van der Waals surface area contributed by atoms with Crippen molar-refractivity contribution < 1.29 is 4.74 Å². The summed E-state index contributed by atoms with van der Waals surface area (Å²) in [7, 11) is 0. The van der Waals surface area contributed by atoms with Crippen LogP contribution in [0.1, 0.15) is 56.9 Å². The summed E-state index contributed by atoms with van der Waals surface area (Å²) in [5, 5.41) is 0. The van der Waals surface area contributed by atoms with Gasteiger partial charge in [-0.05, 0) is 37.7 Å². The highest BCUT2D eigenvalue weighted by atomic mass is 16.5. The molecule has 112 valence electrons. The van der Waals surface area contributed by atoms with Gasteiger partial charge in [-0.1, -0.05) is 56.0 Å². The highest BCUT2D eigenvalue weighted by Gasteiger charge is 2.26. The first kappa shape index (κ1) is 15.5. The van der Waals surface area contributed by atoms with Crippen LogP contribution >= 0.6 is 0 Å². The number of benzene rings is 1. The third-order valence-corrected chi connectivity index (χ3v) is 4.34. The molecule has 0 amide bonds. The predicted molar refractivity (Wildman–Crippen MR) is 84.8 cm³/mol. The maximum Gasteiger partial charge on any atom is 0.0646 e. The van der Waals surface area contributed by atoms with Gasteiger partial charge in [0.1, 0.15) is 0 Å². The standard InChI is InChI=1S/C18H29NO/c19-18(13-7-1-2-8-14-18)16-20-15-9-6-12-17-10-4-3-5-11-17/h3-5,10-11H,1-2,6-9,12-16,19H2. The normalized spacial score (nSPS) is 18.6. The maximum atomic E-state index is 6.44. The van der Waals surface area contributed by atoms with Gasteiger partial charge in [-0.3, -0.25) is 0 Å². The Kier molecular flexibility index (Phi) is 6.55. The van der Waals surface area contributed by atoms with Crippen molar-refractivity contribution in [1.82, 2.24) is 0 Å². The van der Waals surface area contributed by atoms with Crippen LogP contribution in [0.15, 0.2) is 30.3 Å². The average Bonchev–Trinajstić information content (AvgIpc) is 2.69. The fraction of sp³-hybridized carbons (Fsp3) is 0.667. The summed E-state index contributed by atoms with van der Waals surface area (Å²) in [5.41, 5.74) is 7.82. The number of hydrogen-bond acceptors (Lipinski definition) is 2. The first-order chi connectivity index (χ1) is 9.79. The van der Waals surface area contributed by atoms with Crippen LogP contribution in [-0.4, -0.2) is 18.8 Å². The van der Waals surface area contributed by atoms with Crippen LogP contribution in [0.3, 0.4) is 0 Å². The quantitative estimate of drug-likeness (QED) is 0.601. The van der Waals surface area contributed by atoms with Gasteiger partial charge in [0, 0.05) is 12.1 Å². The molecule has 2 rings (SSSR count). The van der Waals surface area contributed by atoms with Crippen LogP contribution in [0, 0.1) is 0 Å². The van der Waals surface area contributed by atoms with Gasteiger partial charge in [-0.2, -0.15) is 0 Å². The van der Waals surface area contributed by atoms with E-state index < -0.39 is 0 Å². The number of hydrogen-bond donors (Lipinski definition) is 1. The van der Waals surface area contributed by atoms with Crippen molar-refractivity contribution in [1.29, 1.82) is 0 Å². The molecule has 1 aliphatic carbocycles. The van der Waals surface area contributed by atoms with Gasteiger partial charge in [0.25, 0.3) is 0 Å². The van der Waals surface area contributed by atoms with Gasteiger partial charge in [-0.25, -0.2) is 0 Å². The highest BCUT2D eigenvalue weighted by Crippen LogP contribution is 2.25. The third kappa shape index (κ3) is 5.64. The zero-order valence-corrected chi connectivity index (χ0v) is 12.7. The van der Waals surface area contributed by atoms with Gasteiger partial charge < -0.3 is 10.5 Å². The molecule has 0 aliphatic heterocycles. The SMILES string of the molecule is NC1(COCCCCc2ccccc2)CCCCCC1. The molecule has 0 spiro atoms. The van der Waals surface area contributed by atoms with Crippen molar-refractivity contribution in [3.63, 3.8) is 0 Å². The van der Waals surface area contributed by atoms with Gasteiger partial charge in [-0.15, -0.1) is 0 Å². The van der Waals surface area contributed by atoms with E-state index in [1.54, 1.807) is 0 Å². The molecule has 0 aromatic heterocycles. The minimum atomic E-state index is -0.0457. The van der Waals surface area contributed by atoms with E-state index in [2.05, 4.69) is 30.3 Å². The lowest BCUT2D eigenvalue weighted by atomic mass is 9.93. The van der Waals surface area contributed by atoms with E-state index in [1.165, 1.54) is 37.7 Å². The molecule has 0 atom stereocenters. The molecule has 1 aliphatic rings. The Balaban J connectivity index is 1.55. The summed E-state index contributed by atoms with van der Waals surface area (Å²) < 4.78 is 5.84. The second-order valence-corrected chi connectivity index (χ2v) is 6.27. The Labute approximate surface area is 123 Å². The van der Waals surface area contributed by atoms with Crippen LogP contribution in [0.25, 0.3) is 0 Å². The Hall–Kier alpha value is -0.860. The smallest absolute Gasteiger partial charge is 0.0646 e. The van der Waals surface area contributed by atoms with E-state index in [4.69, 9.17) is 10.5 Å². The fourth-order valence-electron chi connectivity index (χ4n) is 3.03. The van der Waals surface area contributed by atoms with Crippen LogP contribution < -0.4 is 5.73 Å². The zero-order valence-electron chi connectivity index (χ0n) is 12.7. The van der Waals surface area contributed by atoms with E-state index in [0.29, 0.717) is 0 Å². The second-order valence-electron chi connectivity index (χ2n) is 6.27. The first-order valence-corrected chi connectivity index (χ1v) is 8.19. The van der Waals surface area contributed by atoms with Gasteiger partial charge in [0.2, 0.25) is 0 Å². The first-order valence-electron chi connectivity index (χ1n) is 8.19. The lowest BCUT2D eigenvalue weighted by molar-refractivity contribution is 0.0755. The fourth-order valence-corrected chi connectivity index (χ4v) is 3.03. The molecular formula is C18H29NO. The summed E-state index contributed by atoms with van der Waals surface area (Å²) in [4.78, 5) is 0. The van der Waals surface area contributed by atoms with E-state index in [1.807, 2.05) is 0 Å². The average molecular weight is 275 g/mol. The van der Waals surface area contributed by atoms with Crippen molar-refractivity contribution in [3.8, 4) is 0 Å². The van der Waals surface area contributed by atoms with E-state index in [0.717, 1.165) is 38.9 Å². The highest BCUT2D eigenvalue weighted by molar-refractivity contribution is 5.14. The Morgan fingerprint density at radius 3 is 2.35 bits per heavy atom. The summed E-state index contributed by atoms with van der Waals surface area (Å²) >= 11 is 0. The second kappa shape index (κ2) is 8.43. The number of ether oxygens (including phenoxy) is 1. The van der Waals surface area contributed by atoms with Gasteiger partial charge in [0.05, 0.1) is 6.61 Å². The van der Waals surface area contributed by atoms with E-state index >= 15 is 0 Å². The molecule has 20 heavy (non-hydrogen) atoms. The number of unbranched alkanes of at least 4 members (excludes halogenated alkanes) is 1. The van der Waals surface area contributed by atoms with Crippen molar-refractivity contribution in [2.45, 2.75) is 63.3 Å². The minimum absolute atomic E-state index is 0.0457. The minimum Gasteiger partial charge on any atom is -0.380 e. The zero-order chi connectivity index (χ0) is 14.1. The predicted octanol–water partition coefficient (Wildman–Crippen LogP) is 4.08.